The molecule has 0 spiro atoms. The van der Waals surface area contributed by atoms with Gasteiger partial charge in [-0.1, -0.05) is 59.8 Å². The van der Waals surface area contributed by atoms with Crippen LogP contribution in [0, 0.1) is 6.92 Å². The number of benzene rings is 2. The van der Waals surface area contributed by atoms with Crippen LogP contribution in [0.4, 0.5) is 0 Å². The largest absolute Gasteiger partial charge is 0.355 e. The van der Waals surface area contributed by atoms with Gasteiger partial charge in [0.1, 0.15) is 5.69 Å². The van der Waals surface area contributed by atoms with E-state index in [4.69, 9.17) is 4.52 Å². The average molecular weight is 263 g/mol. The Labute approximate surface area is 116 Å². The van der Waals surface area contributed by atoms with Gasteiger partial charge >= 0.3 is 0 Å². The first-order valence-corrected chi connectivity index (χ1v) is 6.37. The molecular formula is C17H13NO2. The molecule has 98 valence electrons. The molecule has 3 nitrogen and oxygen atoms in total. The van der Waals surface area contributed by atoms with Crippen molar-refractivity contribution in [3.05, 3.63) is 65.7 Å². The molecule has 20 heavy (non-hydrogen) atoms. The fraction of sp³-hybridized carbons (Fsp3) is 0.0588. The average Bonchev–Trinajstić information content (AvgIpc) is 2.92. The molecule has 0 radical (unpaired) electrons. The third kappa shape index (κ3) is 2.03. The Kier molecular flexibility index (Phi) is 3.17. The predicted octanol–water partition coefficient (Wildman–Crippen LogP) is 4.13. The second kappa shape index (κ2) is 5.13. The van der Waals surface area contributed by atoms with Crippen molar-refractivity contribution in [1.29, 1.82) is 0 Å². The Morgan fingerprint density at radius 2 is 1.70 bits per heavy atom. The molecule has 0 unspecified atom stereocenters. The fourth-order valence-electron chi connectivity index (χ4n) is 2.23. The van der Waals surface area contributed by atoms with E-state index in [-0.39, 0.29) is 0 Å². The molecule has 0 aliphatic rings. The summed E-state index contributed by atoms with van der Waals surface area (Å²) in [5, 5.41) is 4.07. The highest BCUT2D eigenvalue weighted by Crippen LogP contribution is 2.32. The van der Waals surface area contributed by atoms with Crippen molar-refractivity contribution in [2.45, 2.75) is 6.92 Å². The summed E-state index contributed by atoms with van der Waals surface area (Å²) in [6, 6.07) is 17.3. The normalized spacial score (nSPS) is 10.4. The van der Waals surface area contributed by atoms with Crippen LogP contribution in [0.1, 0.15) is 15.9 Å². The maximum Gasteiger partial charge on any atom is 0.178 e. The van der Waals surface area contributed by atoms with Gasteiger partial charge in [0.25, 0.3) is 0 Å². The van der Waals surface area contributed by atoms with Crippen LogP contribution >= 0.6 is 0 Å². The Morgan fingerprint density at radius 3 is 2.40 bits per heavy atom. The minimum absolute atomic E-state index is 0.491. The smallest absolute Gasteiger partial charge is 0.178 e. The van der Waals surface area contributed by atoms with E-state index in [0.29, 0.717) is 17.0 Å². The number of rotatable bonds is 3. The number of nitrogens with zero attached hydrogens (tertiary/aromatic N) is 1. The van der Waals surface area contributed by atoms with Gasteiger partial charge in [-0.05, 0) is 12.5 Å². The van der Waals surface area contributed by atoms with Crippen LogP contribution < -0.4 is 0 Å². The first-order valence-electron chi connectivity index (χ1n) is 6.37. The van der Waals surface area contributed by atoms with E-state index in [2.05, 4.69) is 5.16 Å². The molecule has 0 aliphatic heterocycles. The fourth-order valence-corrected chi connectivity index (χ4v) is 2.23. The van der Waals surface area contributed by atoms with Gasteiger partial charge in [-0.25, -0.2) is 0 Å². The predicted molar refractivity (Wildman–Crippen MR) is 77.5 cm³/mol. The Balaban J connectivity index is 2.19. The third-order valence-electron chi connectivity index (χ3n) is 3.28. The van der Waals surface area contributed by atoms with Crippen LogP contribution in [0.15, 0.2) is 59.1 Å². The van der Waals surface area contributed by atoms with E-state index in [0.717, 1.165) is 23.0 Å². The molecule has 0 N–H and O–H groups in total. The van der Waals surface area contributed by atoms with E-state index in [9.17, 15) is 4.79 Å². The first-order chi connectivity index (χ1) is 9.81. The minimum atomic E-state index is 0.491. The highest BCUT2D eigenvalue weighted by atomic mass is 16.5. The third-order valence-corrected chi connectivity index (χ3v) is 3.28. The molecular weight excluding hydrogens is 250 g/mol. The van der Waals surface area contributed by atoms with E-state index >= 15 is 0 Å². The standard InChI is InChI=1S/C17H13NO2/c1-12-7-5-6-10-14(12)17-15(11-19)16(18-20-17)13-8-3-2-4-9-13/h2-11H,1H3. The van der Waals surface area contributed by atoms with E-state index in [1.165, 1.54) is 0 Å². The zero-order chi connectivity index (χ0) is 13.9. The van der Waals surface area contributed by atoms with Crippen molar-refractivity contribution in [1.82, 2.24) is 5.16 Å². The highest BCUT2D eigenvalue weighted by Gasteiger charge is 2.19. The van der Waals surface area contributed by atoms with Gasteiger partial charge in [0.05, 0.1) is 5.56 Å². The number of hydrogen-bond acceptors (Lipinski definition) is 3. The van der Waals surface area contributed by atoms with Crippen molar-refractivity contribution < 1.29 is 9.32 Å². The van der Waals surface area contributed by atoms with Crippen molar-refractivity contribution in [2.75, 3.05) is 0 Å². The van der Waals surface area contributed by atoms with Crippen LogP contribution in [0.5, 0.6) is 0 Å². The minimum Gasteiger partial charge on any atom is -0.355 e. The molecule has 1 aromatic heterocycles. The molecule has 0 amide bonds. The topological polar surface area (TPSA) is 43.1 Å². The van der Waals surface area contributed by atoms with Crippen molar-refractivity contribution >= 4 is 6.29 Å². The summed E-state index contributed by atoms with van der Waals surface area (Å²) in [6.07, 6.45) is 0.806. The molecule has 3 aromatic rings. The lowest BCUT2D eigenvalue weighted by Crippen LogP contribution is -1.88. The van der Waals surface area contributed by atoms with E-state index in [1.807, 2.05) is 61.5 Å². The van der Waals surface area contributed by atoms with Crippen molar-refractivity contribution in [2.24, 2.45) is 0 Å². The number of aldehydes is 1. The van der Waals surface area contributed by atoms with Crippen LogP contribution in [0.3, 0.4) is 0 Å². The number of carbonyl (C=O) groups is 1. The quantitative estimate of drug-likeness (QED) is 0.667. The van der Waals surface area contributed by atoms with Gasteiger partial charge in [0.2, 0.25) is 0 Å². The maximum atomic E-state index is 11.5. The van der Waals surface area contributed by atoms with Gasteiger partial charge in [0.15, 0.2) is 12.0 Å². The lowest BCUT2D eigenvalue weighted by Gasteiger charge is -2.01. The number of hydrogen-bond donors (Lipinski definition) is 0. The Hall–Kier alpha value is -2.68. The molecule has 3 rings (SSSR count). The molecule has 0 saturated heterocycles. The van der Waals surface area contributed by atoms with Gasteiger partial charge < -0.3 is 4.52 Å². The van der Waals surface area contributed by atoms with Gasteiger partial charge in [-0.15, -0.1) is 0 Å². The summed E-state index contributed by atoms with van der Waals surface area (Å²) in [4.78, 5) is 11.5. The van der Waals surface area contributed by atoms with Crippen molar-refractivity contribution in [3.63, 3.8) is 0 Å². The SMILES string of the molecule is Cc1ccccc1-c1onc(-c2ccccc2)c1C=O. The highest BCUT2D eigenvalue weighted by molar-refractivity contribution is 5.93. The van der Waals surface area contributed by atoms with Crippen molar-refractivity contribution in [3.8, 4) is 22.6 Å². The molecule has 3 heteroatoms. The van der Waals surface area contributed by atoms with Gasteiger partial charge in [0, 0.05) is 11.1 Å². The molecule has 0 atom stereocenters. The summed E-state index contributed by atoms with van der Waals surface area (Å²) < 4.78 is 5.43. The molecule has 2 aromatic carbocycles. The summed E-state index contributed by atoms with van der Waals surface area (Å²) in [6.45, 7) is 1.98. The van der Waals surface area contributed by atoms with Crippen LogP contribution in [-0.2, 0) is 0 Å². The number of aromatic nitrogens is 1. The second-order valence-corrected chi connectivity index (χ2v) is 4.57. The van der Waals surface area contributed by atoms with Crippen LogP contribution in [0.2, 0.25) is 0 Å². The summed E-state index contributed by atoms with van der Waals surface area (Å²) in [5.41, 5.74) is 3.89. The summed E-state index contributed by atoms with van der Waals surface area (Å²) in [5.74, 6) is 0.525. The Bertz CT molecular complexity index is 745. The number of carbonyl (C=O) groups excluding carboxylic acids is 1. The molecule has 0 aliphatic carbocycles. The molecule has 0 bridgehead atoms. The van der Waals surface area contributed by atoms with E-state index in [1.54, 1.807) is 0 Å². The van der Waals surface area contributed by atoms with Crippen LogP contribution in [0.25, 0.3) is 22.6 Å². The zero-order valence-corrected chi connectivity index (χ0v) is 11.0. The monoisotopic (exact) mass is 263 g/mol. The van der Waals surface area contributed by atoms with Crippen LogP contribution in [-0.4, -0.2) is 11.4 Å². The summed E-state index contributed by atoms with van der Waals surface area (Å²) >= 11 is 0. The van der Waals surface area contributed by atoms with E-state index < -0.39 is 0 Å². The lowest BCUT2D eigenvalue weighted by molar-refractivity contribution is 0.112. The second-order valence-electron chi connectivity index (χ2n) is 4.57. The molecule has 0 saturated carbocycles. The zero-order valence-electron chi connectivity index (χ0n) is 11.0. The maximum absolute atomic E-state index is 11.5. The van der Waals surface area contributed by atoms with Gasteiger partial charge in [-0.3, -0.25) is 4.79 Å². The van der Waals surface area contributed by atoms with Gasteiger partial charge in [-0.2, -0.15) is 0 Å². The lowest BCUT2D eigenvalue weighted by atomic mass is 10.0. The molecule has 1 heterocycles. The molecule has 0 fully saturated rings. The summed E-state index contributed by atoms with van der Waals surface area (Å²) in [7, 11) is 0. The Morgan fingerprint density at radius 1 is 1.00 bits per heavy atom. The first kappa shape index (κ1) is 12.4. The number of aryl methyl sites for hydroxylation is 1.